The molecular formula is C14H24N3O6P. The average molecular weight is 361 g/mol. The van der Waals surface area contributed by atoms with Crippen molar-refractivity contribution in [2.24, 2.45) is 0 Å². The van der Waals surface area contributed by atoms with Crippen molar-refractivity contribution in [1.82, 2.24) is 15.3 Å². The number of nitrogens with zero attached hydrogens (tertiary/aromatic N) is 1. The van der Waals surface area contributed by atoms with Gasteiger partial charge in [0, 0.05) is 26.4 Å². The molecule has 0 aromatic carbocycles. The number of amides is 2. The molecule has 10 heteroatoms. The number of nitrogens with one attached hydrogen (secondary N) is 2. The summed E-state index contributed by atoms with van der Waals surface area (Å²) in [5, 5.41) is 4.94. The number of aldehydes is 1. The van der Waals surface area contributed by atoms with Gasteiger partial charge in [0.1, 0.15) is 12.5 Å². The second kappa shape index (κ2) is 11.2. The van der Waals surface area contributed by atoms with E-state index in [2.05, 4.69) is 5.09 Å². The van der Waals surface area contributed by atoms with Crippen LogP contribution in [0.1, 0.15) is 19.8 Å². The Hall–Kier alpha value is -1.38. The Morgan fingerprint density at radius 3 is 2.83 bits per heavy atom. The van der Waals surface area contributed by atoms with Gasteiger partial charge in [0.25, 0.3) is 14.4 Å². The molecule has 0 aromatic heterocycles. The molecular weight excluding hydrogens is 337 g/mol. The van der Waals surface area contributed by atoms with Gasteiger partial charge in [-0.2, -0.15) is 0 Å². The van der Waals surface area contributed by atoms with Crippen LogP contribution in [0.3, 0.4) is 0 Å². The largest absolute Gasteiger partial charge is 0.355 e. The van der Waals surface area contributed by atoms with Crippen LogP contribution in [-0.4, -0.2) is 62.6 Å². The second-order valence-corrected chi connectivity index (χ2v) is 6.58. The minimum absolute atomic E-state index is 0.0943. The van der Waals surface area contributed by atoms with Gasteiger partial charge in [0.15, 0.2) is 0 Å². The lowest BCUT2D eigenvalue weighted by Gasteiger charge is -2.23. The number of hydrogen-bond donors (Lipinski definition) is 2. The van der Waals surface area contributed by atoms with E-state index in [4.69, 9.17) is 13.8 Å². The van der Waals surface area contributed by atoms with Crippen molar-refractivity contribution in [1.29, 1.82) is 0 Å². The summed E-state index contributed by atoms with van der Waals surface area (Å²) in [6.07, 6.45) is 5.25. The summed E-state index contributed by atoms with van der Waals surface area (Å²) in [7, 11) is 1.95. The zero-order valence-electron chi connectivity index (χ0n) is 14.0. The standard InChI is InChI=1S/C14H24N3O6P/c1-11(8-18)16-24(21-3)22-9-12-4-5-14(23-12)17(2)7-6-13(20)15-10-19/h6-8,10-12,14,16H,4-5,9H2,1-3H3,(H,15,19,20)/b7-6-. The number of rotatable bonds is 11. The average Bonchev–Trinajstić information content (AvgIpc) is 3.05. The molecule has 0 bridgehead atoms. The molecule has 1 saturated heterocycles. The fraction of sp³-hybridized carbons (Fsp3) is 0.643. The van der Waals surface area contributed by atoms with Crippen molar-refractivity contribution < 1.29 is 28.2 Å². The summed E-state index contributed by atoms with van der Waals surface area (Å²) in [6.45, 7) is 2.06. The molecule has 2 amide bonds. The molecule has 4 atom stereocenters. The fourth-order valence-corrected chi connectivity index (χ4v) is 2.97. The van der Waals surface area contributed by atoms with E-state index < -0.39 is 14.4 Å². The molecule has 1 rings (SSSR count). The summed E-state index contributed by atoms with van der Waals surface area (Å²) in [6, 6.07) is -0.345. The topological polar surface area (TPSA) is 106 Å². The van der Waals surface area contributed by atoms with Crippen molar-refractivity contribution in [3.05, 3.63) is 12.3 Å². The highest BCUT2D eigenvalue weighted by Gasteiger charge is 2.28. The molecule has 1 heterocycles. The van der Waals surface area contributed by atoms with Gasteiger partial charge in [-0.3, -0.25) is 14.9 Å². The number of ether oxygens (including phenoxy) is 1. The maximum absolute atomic E-state index is 11.2. The van der Waals surface area contributed by atoms with Crippen molar-refractivity contribution >= 4 is 27.1 Å². The lowest BCUT2D eigenvalue weighted by Crippen LogP contribution is -2.29. The summed E-state index contributed by atoms with van der Waals surface area (Å²) in [5.41, 5.74) is 0. The third-order valence-electron chi connectivity index (χ3n) is 3.26. The van der Waals surface area contributed by atoms with Crippen LogP contribution in [0, 0.1) is 0 Å². The molecule has 2 N–H and O–H groups in total. The van der Waals surface area contributed by atoms with Gasteiger partial charge in [-0.1, -0.05) is 0 Å². The molecule has 9 nitrogen and oxygen atoms in total. The zero-order chi connectivity index (χ0) is 17.9. The highest BCUT2D eigenvalue weighted by molar-refractivity contribution is 7.45. The SMILES string of the molecule is COP(NC(C)C=O)OCC1CCC(N(C)/C=C\C(=O)NC=O)O1. The van der Waals surface area contributed by atoms with Crippen molar-refractivity contribution in [3.63, 3.8) is 0 Å². The predicted molar refractivity (Wildman–Crippen MR) is 87.5 cm³/mol. The molecule has 0 spiro atoms. The quantitative estimate of drug-likeness (QED) is 0.307. The molecule has 1 aliphatic rings. The van der Waals surface area contributed by atoms with Crippen LogP contribution in [-0.2, 0) is 28.2 Å². The Kier molecular flexibility index (Phi) is 9.66. The Balaban J connectivity index is 2.35. The van der Waals surface area contributed by atoms with Crippen LogP contribution in [0.15, 0.2) is 12.3 Å². The Morgan fingerprint density at radius 1 is 1.46 bits per heavy atom. The van der Waals surface area contributed by atoms with Crippen molar-refractivity contribution in [2.75, 3.05) is 20.8 Å². The van der Waals surface area contributed by atoms with E-state index in [0.29, 0.717) is 13.0 Å². The van der Waals surface area contributed by atoms with Gasteiger partial charge >= 0.3 is 0 Å². The Labute approximate surface area is 142 Å². The lowest BCUT2D eigenvalue weighted by atomic mass is 10.2. The van der Waals surface area contributed by atoms with Crippen LogP contribution in [0.4, 0.5) is 0 Å². The molecule has 24 heavy (non-hydrogen) atoms. The molecule has 4 unspecified atom stereocenters. The monoisotopic (exact) mass is 361 g/mol. The van der Waals surface area contributed by atoms with E-state index in [0.717, 1.165) is 19.1 Å². The van der Waals surface area contributed by atoms with Crippen molar-refractivity contribution in [2.45, 2.75) is 38.1 Å². The second-order valence-electron chi connectivity index (χ2n) is 5.19. The van der Waals surface area contributed by atoms with Crippen LogP contribution in [0.5, 0.6) is 0 Å². The highest BCUT2D eigenvalue weighted by Crippen LogP contribution is 2.34. The summed E-state index contributed by atoms with van der Waals surface area (Å²) >= 11 is 0. The normalized spacial score (nSPS) is 23.0. The van der Waals surface area contributed by atoms with Crippen molar-refractivity contribution in [3.8, 4) is 0 Å². The number of imide groups is 1. The van der Waals surface area contributed by atoms with Crippen LogP contribution < -0.4 is 10.4 Å². The van der Waals surface area contributed by atoms with Gasteiger partial charge in [-0.05, 0) is 19.8 Å². The first-order valence-electron chi connectivity index (χ1n) is 7.48. The first kappa shape index (κ1) is 20.7. The smallest absolute Gasteiger partial charge is 0.256 e. The van der Waals surface area contributed by atoms with Gasteiger partial charge in [-0.15, -0.1) is 0 Å². The first-order chi connectivity index (χ1) is 11.5. The van der Waals surface area contributed by atoms with Gasteiger partial charge in [0.2, 0.25) is 6.41 Å². The van der Waals surface area contributed by atoms with E-state index in [1.54, 1.807) is 25.1 Å². The summed E-state index contributed by atoms with van der Waals surface area (Å²) in [5.74, 6) is -0.490. The summed E-state index contributed by atoms with van der Waals surface area (Å²) in [4.78, 5) is 33.7. The van der Waals surface area contributed by atoms with Crippen LogP contribution in [0.25, 0.3) is 0 Å². The number of carbonyl (C=O) groups excluding carboxylic acids is 3. The van der Waals surface area contributed by atoms with Gasteiger partial charge in [-0.25, -0.2) is 5.09 Å². The number of carbonyl (C=O) groups is 3. The van der Waals surface area contributed by atoms with E-state index in [1.165, 1.54) is 13.2 Å². The van der Waals surface area contributed by atoms with Gasteiger partial charge in [0.05, 0.1) is 18.8 Å². The first-order valence-corrected chi connectivity index (χ1v) is 8.66. The van der Waals surface area contributed by atoms with E-state index in [1.807, 2.05) is 5.32 Å². The third-order valence-corrected chi connectivity index (χ3v) is 4.59. The molecule has 1 aliphatic heterocycles. The molecule has 0 aliphatic carbocycles. The molecule has 0 saturated carbocycles. The van der Waals surface area contributed by atoms with E-state index in [-0.39, 0.29) is 18.4 Å². The highest BCUT2D eigenvalue weighted by atomic mass is 31.2. The van der Waals surface area contributed by atoms with Crippen LogP contribution >= 0.6 is 8.53 Å². The third kappa shape index (κ3) is 7.46. The molecule has 1 fully saturated rings. The Bertz CT molecular complexity index is 450. The zero-order valence-corrected chi connectivity index (χ0v) is 14.9. The maximum atomic E-state index is 11.2. The van der Waals surface area contributed by atoms with E-state index >= 15 is 0 Å². The van der Waals surface area contributed by atoms with E-state index in [9.17, 15) is 14.4 Å². The molecule has 136 valence electrons. The fourth-order valence-electron chi connectivity index (χ4n) is 1.99. The predicted octanol–water partition coefficient (Wildman–Crippen LogP) is 0.277. The minimum Gasteiger partial charge on any atom is -0.355 e. The molecule has 0 radical (unpaired) electrons. The Morgan fingerprint density at radius 2 is 2.21 bits per heavy atom. The molecule has 0 aromatic rings. The van der Waals surface area contributed by atoms with Gasteiger partial charge < -0.3 is 23.5 Å². The lowest BCUT2D eigenvalue weighted by molar-refractivity contribution is -0.121. The maximum Gasteiger partial charge on any atom is 0.256 e. The van der Waals surface area contributed by atoms with Crippen LogP contribution in [0.2, 0.25) is 0 Å². The minimum atomic E-state index is -1.34. The number of hydrogen-bond acceptors (Lipinski definition) is 8. The summed E-state index contributed by atoms with van der Waals surface area (Å²) < 4.78 is 16.6.